The van der Waals surface area contributed by atoms with Gasteiger partial charge < -0.3 is 9.64 Å². The van der Waals surface area contributed by atoms with Crippen LogP contribution in [0.25, 0.3) is 10.9 Å². The molecule has 2 heterocycles. The van der Waals surface area contributed by atoms with Crippen LogP contribution in [0.5, 0.6) is 0 Å². The van der Waals surface area contributed by atoms with Gasteiger partial charge in [-0.15, -0.1) is 0 Å². The predicted molar refractivity (Wildman–Crippen MR) is 123 cm³/mol. The Hall–Kier alpha value is -2.75. The van der Waals surface area contributed by atoms with Crippen molar-refractivity contribution in [3.05, 3.63) is 40.4 Å². The number of aromatic nitrogens is 2. The Morgan fingerprint density at radius 3 is 2.61 bits per heavy atom. The number of hydrogen-bond donors (Lipinski definition) is 0. The second-order valence-corrected chi connectivity index (χ2v) is 11.0. The molecule has 178 valence electrons. The number of amides is 1. The summed E-state index contributed by atoms with van der Waals surface area (Å²) in [5.74, 6) is -0.401. The Labute approximate surface area is 192 Å². The maximum absolute atomic E-state index is 12.9. The van der Waals surface area contributed by atoms with E-state index in [0.29, 0.717) is 29.7 Å². The topological polar surface area (TPSA) is 116 Å². The van der Waals surface area contributed by atoms with Crippen LogP contribution in [0, 0.1) is 0 Å². The van der Waals surface area contributed by atoms with Gasteiger partial charge in [0.05, 0.1) is 28.8 Å². The first-order chi connectivity index (χ1) is 15.7. The fourth-order valence-corrected chi connectivity index (χ4v) is 6.18. The average molecular weight is 476 g/mol. The average Bonchev–Trinajstić information content (AvgIpc) is 3.55. The number of nitrogens with zero attached hydrogens (tertiary/aromatic N) is 3. The van der Waals surface area contributed by atoms with Crippen LogP contribution in [0.1, 0.15) is 51.4 Å². The van der Waals surface area contributed by atoms with E-state index in [1.54, 1.807) is 29.7 Å². The summed E-state index contributed by atoms with van der Waals surface area (Å²) in [4.78, 5) is 44.4. The third kappa shape index (κ3) is 5.10. The van der Waals surface area contributed by atoms with Gasteiger partial charge in [0.25, 0.3) is 11.5 Å². The number of carbonyl (C=O) groups is 2. The Balaban J connectivity index is 1.41. The van der Waals surface area contributed by atoms with E-state index in [2.05, 4.69) is 4.98 Å². The Morgan fingerprint density at radius 2 is 1.97 bits per heavy atom. The molecule has 2 atom stereocenters. The van der Waals surface area contributed by atoms with Crippen molar-refractivity contribution in [3.63, 3.8) is 0 Å². The van der Waals surface area contributed by atoms with Gasteiger partial charge in [-0.3, -0.25) is 19.0 Å². The van der Waals surface area contributed by atoms with Crippen molar-refractivity contribution in [2.75, 3.05) is 18.1 Å². The number of sulfone groups is 1. The van der Waals surface area contributed by atoms with Crippen molar-refractivity contribution >= 4 is 32.6 Å². The highest BCUT2D eigenvalue weighted by Gasteiger charge is 2.36. The lowest BCUT2D eigenvalue weighted by atomic mass is 10.2. The molecule has 0 radical (unpaired) electrons. The van der Waals surface area contributed by atoms with Crippen LogP contribution < -0.4 is 5.56 Å². The highest BCUT2D eigenvalue weighted by molar-refractivity contribution is 7.91. The lowest BCUT2D eigenvalue weighted by Gasteiger charge is -2.29. The molecule has 4 rings (SSSR count). The largest absolute Gasteiger partial charge is 0.453 e. The van der Waals surface area contributed by atoms with E-state index in [-0.39, 0.29) is 42.0 Å². The van der Waals surface area contributed by atoms with Crippen molar-refractivity contribution in [2.45, 2.75) is 64.1 Å². The molecule has 10 heteroatoms. The minimum atomic E-state index is -3.13. The number of carbonyl (C=O) groups excluding carboxylic acids is 2. The zero-order valence-electron chi connectivity index (χ0n) is 18.9. The van der Waals surface area contributed by atoms with Gasteiger partial charge in [-0.2, -0.15) is 0 Å². The molecular formula is C23H29N3O6S. The van der Waals surface area contributed by atoms with Crippen LogP contribution in [-0.4, -0.2) is 64.9 Å². The van der Waals surface area contributed by atoms with Gasteiger partial charge in [0, 0.05) is 25.0 Å². The summed E-state index contributed by atoms with van der Waals surface area (Å²) in [7, 11) is -3.13. The Bertz CT molecular complexity index is 1230. The molecule has 9 nitrogen and oxygen atoms in total. The van der Waals surface area contributed by atoms with Gasteiger partial charge in [0.1, 0.15) is 5.82 Å². The molecule has 0 N–H and O–H groups in total. The summed E-state index contributed by atoms with van der Waals surface area (Å²) >= 11 is 0. The fourth-order valence-electron chi connectivity index (χ4n) is 4.45. The number of rotatable bonds is 8. The number of para-hydroxylation sites is 1. The molecule has 2 aliphatic rings. The summed E-state index contributed by atoms with van der Waals surface area (Å²) in [5, 5.41) is 0.559. The van der Waals surface area contributed by atoms with Crippen molar-refractivity contribution in [1.29, 1.82) is 0 Å². The molecular weight excluding hydrogens is 446 g/mol. The normalized spacial score (nSPS) is 20.5. The molecule has 2 fully saturated rings. The molecule has 2 aromatic rings. The Kier molecular flexibility index (Phi) is 6.56. The molecule has 2 unspecified atom stereocenters. The zero-order valence-corrected chi connectivity index (χ0v) is 19.7. The number of fused-ring (bicyclic) bond motifs is 1. The van der Waals surface area contributed by atoms with Gasteiger partial charge in [0.2, 0.25) is 0 Å². The third-order valence-corrected chi connectivity index (χ3v) is 8.02. The van der Waals surface area contributed by atoms with Gasteiger partial charge in [0.15, 0.2) is 15.9 Å². The monoisotopic (exact) mass is 475 g/mol. The lowest BCUT2D eigenvalue weighted by Crippen LogP contribution is -2.46. The SMILES string of the molecule is CCN(C(=O)C(C)OC(=O)CCc1nc2ccccc2c(=O)n1C1CC1)C1CCS(=O)(=O)C1. The quantitative estimate of drug-likeness (QED) is 0.533. The van der Waals surface area contributed by atoms with Crippen LogP contribution >= 0.6 is 0 Å². The summed E-state index contributed by atoms with van der Waals surface area (Å²) in [6.45, 7) is 3.62. The second-order valence-electron chi connectivity index (χ2n) is 8.76. The lowest BCUT2D eigenvalue weighted by molar-refractivity contribution is -0.160. The number of likely N-dealkylation sites (N-methyl/N-ethyl adjacent to an activating group) is 1. The highest BCUT2D eigenvalue weighted by Crippen LogP contribution is 2.35. The molecule has 1 aliphatic heterocycles. The standard InChI is InChI=1S/C23H29N3O6S/c1-3-25(17-12-13-33(30,31)14-17)22(28)15(2)32-21(27)11-10-20-24-19-7-5-4-6-18(19)23(29)26(20)16-8-9-16/h4-7,15-17H,3,8-14H2,1-2H3. The van der Waals surface area contributed by atoms with E-state index in [0.717, 1.165) is 12.8 Å². The zero-order chi connectivity index (χ0) is 23.8. The second kappa shape index (κ2) is 9.24. The highest BCUT2D eigenvalue weighted by atomic mass is 32.2. The van der Waals surface area contributed by atoms with Gasteiger partial charge in [-0.1, -0.05) is 12.1 Å². The van der Waals surface area contributed by atoms with E-state index in [1.807, 2.05) is 6.07 Å². The van der Waals surface area contributed by atoms with Crippen LogP contribution in [0.15, 0.2) is 29.1 Å². The van der Waals surface area contributed by atoms with Gasteiger partial charge in [-0.05, 0) is 45.2 Å². The minimum Gasteiger partial charge on any atom is -0.453 e. The van der Waals surface area contributed by atoms with Crippen molar-refractivity contribution in [2.24, 2.45) is 0 Å². The summed E-state index contributed by atoms with van der Waals surface area (Å²) in [6.07, 6.45) is 1.41. The van der Waals surface area contributed by atoms with Crippen LogP contribution in [-0.2, 0) is 30.6 Å². The summed E-state index contributed by atoms with van der Waals surface area (Å²) < 4.78 is 30.6. The molecule has 1 saturated carbocycles. The van der Waals surface area contributed by atoms with Crippen LogP contribution in [0.3, 0.4) is 0 Å². The molecule has 1 aliphatic carbocycles. The predicted octanol–water partition coefficient (Wildman–Crippen LogP) is 1.63. The van der Waals surface area contributed by atoms with E-state index in [9.17, 15) is 22.8 Å². The molecule has 1 amide bonds. The van der Waals surface area contributed by atoms with E-state index >= 15 is 0 Å². The minimum absolute atomic E-state index is 0.0148. The van der Waals surface area contributed by atoms with Gasteiger partial charge >= 0.3 is 5.97 Å². The van der Waals surface area contributed by atoms with Gasteiger partial charge in [-0.25, -0.2) is 13.4 Å². The number of benzene rings is 1. The Morgan fingerprint density at radius 1 is 1.24 bits per heavy atom. The number of aryl methyl sites for hydroxylation is 1. The molecule has 0 bridgehead atoms. The molecule has 1 saturated heterocycles. The molecule has 33 heavy (non-hydrogen) atoms. The third-order valence-electron chi connectivity index (χ3n) is 6.27. The fraction of sp³-hybridized carbons (Fsp3) is 0.565. The van der Waals surface area contributed by atoms with Crippen molar-refractivity contribution in [1.82, 2.24) is 14.5 Å². The number of hydrogen-bond acceptors (Lipinski definition) is 7. The number of esters is 1. The maximum atomic E-state index is 12.9. The first-order valence-electron chi connectivity index (χ1n) is 11.4. The molecule has 0 spiro atoms. The molecule has 1 aromatic carbocycles. The number of ether oxygens (including phenoxy) is 1. The van der Waals surface area contributed by atoms with E-state index in [4.69, 9.17) is 4.74 Å². The van der Waals surface area contributed by atoms with E-state index < -0.39 is 27.8 Å². The van der Waals surface area contributed by atoms with Crippen molar-refractivity contribution < 1.29 is 22.7 Å². The maximum Gasteiger partial charge on any atom is 0.307 e. The summed E-state index contributed by atoms with van der Waals surface area (Å²) in [6, 6.07) is 6.88. The first-order valence-corrected chi connectivity index (χ1v) is 13.2. The summed E-state index contributed by atoms with van der Waals surface area (Å²) in [5.41, 5.74) is 0.497. The smallest absolute Gasteiger partial charge is 0.307 e. The first kappa shape index (κ1) is 23.4. The van der Waals surface area contributed by atoms with Crippen LogP contribution in [0.2, 0.25) is 0 Å². The van der Waals surface area contributed by atoms with E-state index in [1.165, 1.54) is 11.8 Å². The molecule has 1 aromatic heterocycles. The van der Waals surface area contributed by atoms with Crippen molar-refractivity contribution in [3.8, 4) is 0 Å². The van der Waals surface area contributed by atoms with Crippen LogP contribution in [0.4, 0.5) is 0 Å².